The van der Waals surface area contributed by atoms with Crippen molar-refractivity contribution in [3.8, 4) is 0 Å². The lowest BCUT2D eigenvalue weighted by atomic mass is 9.89. The van der Waals surface area contributed by atoms with Gasteiger partial charge < -0.3 is 4.57 Å². The Morgan fingerprint density at radius 2 is 1.86 bits per heavy atom. The first-order valence-corrected chi connectivity index (χ1v) is 11.0. The van der Waals surface area contributed by atoms with E-state index < -0.39 is 0 Å². The van der Waals surface area contributed by atoms with Crippen LogP contribution in [-0.4, -0.2) is 16.0 Å². The first kappa shape index (κ1) is 16.6. The summed E-state index contributed by atoms with van der Waals surface area (Å²) in [6.07, 6.45) is 10.1. The van der Waals surface area contributed by atoms with Crippen LogP contribution < -0.4 is 0 Å². The van der Waals surface area contributed by atoms with Crippen molar-refractivity contribution in [3.05, 3.63) is 77.0 Å². The number of benzene rings is 2. The molecule has 1 aromatic heterocycles. The number of nitrogens with zero attached hydrogens (tertiary/aromatic N) is 2. The van der Waals surface area contributed by atoms with Crippen molar-refractivity contribution in [2.24, 2.45) is 0 Å². The van der Waals surface area contributed by atoms with Gasteiger partial charge in [-0.25, -0.2) is 0 Å². The number of allylic oxidation sites excluding steroid dienone is 2. The van der Waals surface area contributed by atoms with Gasteiger partial charge in [0.15, 0.2) is 0 Å². The van der Waals surface area contributed by atoms with E-state index in [2.05, 4.69) is 64.1 Å². The fraction of sp³-hybridized carbons (Fsp3) is 0.385. The zero-order chi connectivity index (χ0) is 18.5. The van der Waals surface area contributed by atoms with E-state index in [0.29, 0.717) is 6.04 Å². The summed E-state index contributed by atoms with van der Waals surface area (Å²) in [5, 5.41) is 1.53. The summed E-state index contributed by atoms with van der Waals surface area (Å²) >= 11 is 0. The third kappa shape index (κ3) is 2.58. The van der Waals surface area contributed by atoms with Crippen molar-refractivity contribution in [1.29, 1.82) is 0 Å². The Balaban J connectivity index is 1.43. The number of hydrogen-bond acceptors (Lipinski definition) is 1. The molecule has 2 nitrogen and oxygen atoms in total. The molecule has 3 aromatic rings. The Labute approximate surface area is 167 Å². The van der Waals surface area contributed by atoms with Crippen molar-refractivity contribution in [3.63, 3.8) is 0 Å². The van der Waals surface area contributed by atoms with Gasteiger partial charge in [0.2, 0.25) is 0 Å². The maximum absolute atomic E-state index is 2.73. The van der Waals surface area contributed by atoms with Gasteiger partial charge in [-0.2, -0.15) is 0 Å². The third-order valence-electron chi connectivity index (χ3n) is 7.12. The lowest BCUT2D eigenvalue weighted by Crippen LogP contribution is -2.39. The van der Waals surface area contributed by atoms with E-state index in [0.717, 1.165) is 19.6 Å². The van der Waals surface area contributed by atoms with E-state index in [1.165, 1.54) is 60.6 Å². The minimum atomic E-state index is 0.583. The summed E-state index contributed by atoms with van der Waals surface area (Å²) in [5.74, 6) is 0. The molecule has 2 heterocycles. The summed E-state index contributed by atoms with van der Waals surface area (Å²) < 4.78 is 2.66. The van der Waals surface area contributed by atoms with Crippen LogP contribution in [0.1, 0.15) is 60.5 Å². The quantitative estimate of drug-likeness (QED) is 0.542. The SMILES string of the molecule is C1=C(c2ccc3c(c2)c2c4n3CCN(Cc3ccccc3)[C@H]4CCC2)CCC1. The summed E-state index contributed by atoms with van der Waals surface area (Å²) in [4.78, 5) is 2.73. The highest BCUT2D eigenvalue weighted by atomic mass is 15.2. The van der Waals surface area contributed by atoms with Crippen LogP contribution in [0.3, 0.4) is 0 Å². The molecular formula is C26H28N2. The molecule has 3 aliphatic rings. The molecule has 142 valence electrons. The summed E-state index contributed by atoms with van der Waals surface area (Å²) in [6, 6.07) is 18.9. The van der Waals surface area contributed by atoms with Crippen molar-refractivity contribution in [2.75, 3.05) is 6.54 Å². The summed E-state index contributed by atoms with van der Waals surface area (Å²) in [5.41, 5.74) is 9.21. The highest BCUT2D eigenvalue weighted by Gasteiger charge is 2.34. The molecule has 28 heavy (non-hydrogen) atoms. The molecule has 0 unspecified atom stereocenters. The number of aryl methyl sites for hydroxylation is 1. The van der Waals surface area contributed by atoms with Crippen LogP contribution in [0.15, 0.2) is 54.6 Å². The highest BCUT2D eigenvalue weighted by Crippen LogP contribution is 2.44. The normalized spacial score (nSPS) is 21.7. The predicted molar refractivity (Wildman–Crippen MR) is 116 cm³/mol. The molecule has 2 aliphatic carbocycles. The van der Waals surface area contributed by atoms with Gasteiger partial charge in [-0.1, -0.05) is 42.5 Å². The Kier molecular flexibility index (Phi) is 3.94. The lowest BCUT2D eigenvalue weighted by Gasteiger charge is -2.40. The molecule has 1 aliphatic heterocycles. The van der Waals surface area contributed by atoms with E-state index >= 15 is 0 Å². The lowest BCUT2D eigenvalue weighted by molar-refractivity contribution is 0.133. The molecule has 0 radical (unpaired) electrons. The van der Waals surface area contributed by atoms with Gasteiger partial charge in [0.1, 0.15) is 0 Å². The molecule has 6 rings (SSSR count). The number of fused-ring (bicyclic) bond motifs is 3. The zero-order valence-corrected chi connectivity index (χ0v) is 16.5. The average molecular weight is 369 g/mol. The molecule has 2 aromatic carbocycles. The largest absolute Gasteiger partial charge is 0.342 e. The first-order valence-electron chi connectivity index (χ1n) is 11.0. The second kappa shape index (κ2) is 6.63. The molecule has 0 saturated carbocycles. The molecule has 2 heteroatoms. The van der Waals surface area contributed by atoms with Crippen LogP contribution in [-0.2, 0) is 19.5 Å². The number of rotatable bonds is 3. The van der Waals surface area contributed by atoms with Crippen molar-refractivity contribution in [2.45, 2.75) is 57.7 Å². The van der Waals surface area contributed by atoms with Crippen LogP contribution in [0.4, 0.5) is 0 Å². The molecule has 0 spiro atoms. The molecule has 0 saturated heterocycles. The Morgan fingerprint density at radius 3 is 2.71 bits per heavy atom. The van der Waals surface area contributed by atoms with E-state index in [1.54, 1.807) is 16.8 Å². The van der Waals surface area contributed by atoms with Gasteiger partial charge in [0.25, 0.3) is 0 Å². The molecule has 0 fully saturated rings. The Bertz CT molecular complexity index is 1060. The van der Waals surface area contributed by atoms with Crippen molar-refractivity contribution < 1.29 is 0 Å². The van der Waals surface area contributed by atoms with Crippen molar-refractivity contribution >= 4 is 16.5 Å². The minimum Gasteiger partial charge on any atom is -0.342 e. The molecule has 0 N–H and O–H groups in total. The fourth-order valence-electron chi connectivity index (χ4n) is 5.82. The predicted octanol–water partition coefficient (Wildman–Crippen LogP) is 6.10. The molecule has 1 atom stereocenters. The third-order valence-corrected chi connectivity index (χ3v) is 7.12. The fourth-order valence-corrected chi connectivity index (χ4v) is 5.82. The van der Waals surface area contributed by atoms with Gasteiger partial charge in [-0.05, 0) is 72.9 Å². The maximum atomic E-state index is 2.73. The Morgan fingerprint density at radius 1 is 0.929 bits per heavy atom. The Hall–Kier alpha value is -2.32. The number of aromatic nitrogens is 1. The standard InChI is InChI=1S/C26H28N2/c1-2-7-19(8-3-1)18-27-15-16-28-24-14-13-21(20-9-4-5-10-20)17-23(24)22-11-6-12-25(27)26(22)28/h1-3,7-9,13-14,17,25H,4-6,10-12,15-16,18H2/t25-/m0/s1. The topological polar surface area (TPSA) is 8.17 Å². The minimum absolute atomic E-state index is 0.583. The molecular weight excluding hydrogens is 340 g/mol. The zero-order valence-electron chi connectivity index (χ0n) is 16.5. The van der Waals surface area contributed by atoms with E-state index in [9.17, 15) is 0 Å². The van der Waals surface area contributed by atoms with Crippen LogP contribution in [0.2, 0.25) is 0 Å². The molecule has 0 amide bonds. The van der Waals surface area contributed by atoms with Gasteiger partial charge in [-0.15, -0.1) is 0 Å². The van der Waals surface area contributed by atoms with E-state index in [-0.39, 0.29) is 0 Å². The van der Waals surface area contributed by atoms with Gasteiger partial charge in [0, 0.05) is 36.2 Å². The van der Waals surface area contributed by atoms with Crippen LogP contribution in [0.25, 0.3) is 16.5 Å². The highest BCUT2D eigenvalue weighted by molar-refractivity contribution is 5.89. The van der Waals surface area contributed by atoms with E-state index in [4.69, 9.17) is 0 Å². The second-order valence-corrected chi connectivity index (χ2v) is 8.73. The van der Waals surface area contributed by atoms with E-state index in [1.807, 2.05) is 0 Å². The number of hydrogen-bond donors (Lipinski definition) is 0. The monoisotopic (exact) mass is 368 g/mol. The summed E-state index contributed by atoms with van der Waals surface area (Å²) in [7, 11) is 0. The average Bonchev–Trinajstić information content (AvgIpc) is 3.39. The second-order valence-electron chi connectivity index (χ2n) is 8.73. The van der Waals surface area contributed by atoms with Gasteiger partial charge in [-0.3, -0.25) is 4.90 Å². The molecule has 0 bridgehead atoms. The smallest absolute Gasteiger partial charge is 0.0508 e. The van der Waals surface area contributed by atoms with Crippen molar-refractivity contribution in [1.82, 2.24) is 9.47 Å². The van der Waals surface area contributed by atoms with Crippen LogP contribution in [0, 0.1) is 0 Å². The van der Waals surface area contributed by atoms with Gasteiger partial charge in [0.05, 0.1) is 6.04 Å². The summed E-state index contributed by atoms with van der Waals surface area (Å²) in [6.45, 7) is 3.35. The van der Waals surface area contributed by atoms with Crippen LogP contribution in [0.5, 0.6) is 0 Å². The van der Waals surface area contributed by atoms with Gasteiger partial charge >= 0.3 is 0 Å². The maximum Gasteiger partial charge on any atom is 0.0508 e. The first-order chi connectivity index (χ1) is 13.9. The van der Waals surface area contributed by atoms with Crippen LogP contribution >= 0.6 is 0 Å².